The Morgan fingerprint density at radius 1 is 1.17 bits per heavy atom. The summed E-state index contributed by atoms with van der Waals surface area (Å²) in [5.74, 6) is -1.24. The number of aromatic nitrogens is 2. The van der Waals surface area contributed by atoms with Crippen molar-refractivity contribution in [3.63, 3.8) is 0 Å². The van der Waals surface area contributed by atoms with Gasteiger partial charge in [0.25, 0.3) is 5.91 Å². The highest BCUT2D eigenvalue weighted by Crippen LogP contribution is 2.19. The van der Waals surface area contributed by atoms with E-state index < -0.39 is 12.0 Å². The van der Waals surface area contributed by atoms with Crippen LogP contribution in [0.3, 0.4) is 0 Å². The predicted octanol–water partition coefficient (Wildman–Crippen LogP) is 2.01. The molecule has 1 aliphatic rings. The molecule has 6 nitrogen and oxygen atoms in total. The Labute approximate surface area is 134 Å². The van der Waals surface area contributed by atoms with Gasteiger partial charge in [-0.1, -0.05) is 30.3 Å². The molecule has 6 heteroatoms. The molecule has 2 heterocycles. The molecule has 1 saturated heterocycles. The molecule has 0 spiro atoms. The van der Waals surface area contributed by atoms with Gasteiger partial charge < -0.3 is 10.0 Å². The fraction of sp³-hybridized carbons (Fsp3) is 0.353. The summed E-state index contributed by atoms with van der Waals surface area (Å²) in [6.45, 7) is 1.05. The molecule has 1 aromatic carbocycles. The smallest absolute Gasteiger partial charge is 0.326 e. The Hall–Kier alpha value is -2.63. The van der Waals surface area contributed by atoms with Gasteiger partial charge in [-0.3, -0.25) is 9.48 Å². The number of nitrogens with zero attached hydrogens (tertiary/aromatic N) is 3. The van der Waals surface area contributed by atoms with E-state index in [0.717, 1.165) is 18.4 Å². The molecule has 120 valence electrons. The summed E-state index contributed by atoms with van der Waals surface area (Å²) in [6, 6.07) is 10.8. The Morgan fingerprint density at radius 2 is 1.96 bits per heavy atom. The molecule has 1 aromatic heterocycles. The molecule has 0 saturated carbocycles. The van der Waals surface area contributed by atoms with Crippen molar-refractivity contribution in [2.75, 3.05) is 6.54 Å². The largest absolute Gasteiger partial charge is 0.480 e. The second-order valence-electron chi connectivity index (χ2n) is 5.73. The molecule has 2 aromatic rings. The first-order valence-corrected chi connectivity index (χ1v) is 7.76. The first-order valence-electron chi connectivity index (χ1n) is 7.76. The van der Waals surface area contributed by atoms with Gasteiger partial charge in [0, 0.05) is 12.7 Å². The van der Waals surface area contributed by atoms with Gasteiger partial charge in [0.05, 0.1) is 6.54 Å². The Bertz CT molecular complexity index is 696. The third-order valence-electron chi connectivity index (χ3n) is 4.10. The lowest BCUT2D eigenvalue weighted by Crippen LogP contribution is -2.48. The minimum Gasteiger partial charge on any atom is -0.480 e. The van der Waals surface area contributed by atoms with E-state index in [1.807, 2.05) is 30.3 Å². The van der Waals surface area contributed by atoms with Crippen LogP contribution in [0, 0.1) is 0 Å². The number of piperidine rings is 1. The lowest BCUT2D eigenvalue weighted by atomic mass is 10.0. The van der Waals surface area contributed by atoms with Crippen molar-refractivity contribution >= 4 is 11.9 Å². The summed E-state index contributed by atoms with van der Waals surface area (Å²) in [6.07, 6.45) is 3.93. The number of hydrogen-bond acceptors (Lipinski definition) is 3. The van der Waals surface area contributed by atoms with E-state index in [1.165, 1.54) is 4.90 Å². The van der Waals surface area contributed by atoms with E-state index >= 15 is 0 Å². The van der Waals surface area contributed by atoms with Crippen molar-refractivity contribution in [1.29, 1.82) is 0 Å². The van der Waals surface area contributed by atoms with Crippen LogP contribution >= 0.6 is 0 Å². The van der Waals surface area contributed by atoms with Crippen molar-refractivity contribution in [1.82, 2.24) is 14.7 Å². The molecule has 3 rings (SSSR count). The van der Waals surface area contributed by atoms with Gasteiger partial charge in [0.2, 0.25) is 0 Å². The molecular formula is C17H19N3O3. The van der Waals surface area contributed by atoms with Crippen molar-refractivity contribution in [2.24, 2.45) is 0 Å². The SMILES string of the molecule is O=C(O)C1CCCCN1C(=O)c1ccn(Cc2ccccc2)n1. The second kappa shape index (κ2) is 6.64. The van der Waals surface area contributed by atoms with Crippen LogP contribution in [0.2, 0.25) is 0 Å². The van der Waals surface area contributed by atoms with Crippen molar-refractivity contribution in [3.8, 4) is 0 Å². The van der Waals surface area contributed by atoms with Crippen LogP contribution in [0.15, 0.2) is 42.6 Å². The Morgan fingerprint density at radius 3 is 2.70 bits per heavy atom. The average molecular weight is 313 g/mol. The maximum Gasteiger partial charge on any atom is 0.326 e. The monoisotopic (exact) mass is 313 g/mol. The third kappa shape index (κ3) is 3.41. The maximum absolute atomic E-state index is 12.6. The Kier molecular flexibility index (Phi) is 4.41. The predicted molar refractivity (Wildman–Crippen MR) is 84.1 cm³/mol. The van der Waals surface area contributed by atoms with Crippen molar-refractivity contribution in [3.05, 3.63) is 53.9 Å². The van der Waals surface area contributed by atoms with Gasteiger partial charge in [0.15, 0.2) is 0 Å². The van der Waals surface area contributed by atoms with Gasteiger partial charge in [-0.15, -0.1) is 0 Å². The van der Waals surface area contributed by atoms with Crippen molar-refractivity contribution in [2.45, 2.75) is 31.8 Å². The number of amides is 1. The standard InChI is InChI=1S/C17H19N3O3/c21-16(20-10-5-4-8-15(20)17(22)23)14-9-11-19(18-14)12-13-6-2-1-3-7-13/h1-3,6-7,9,11,15H,4-5,8,10,12H2,(H,22,23). The highest BCUT2D eigenvalue weighted by molar-refractivity contribution is 5.95. The molecule has 0 radical (unpaired) electrons. The zero-order valence-electron chi connectivity index (χ0n) is 12.8. The first kappa shape index (κ1) is 15.3. The van der Waals surface area contributed by atoms with Crippen LogP contribution in [0.5, 0.6) is 0 Å². The lowest BCUT2D eigenvalue weighted by Gasteiger charge is -2.32. The molecule has 1 N–H and O–H groups in total. The summed E-state index contributed by atoms with van der Waals surface area (Å²) in [5, 5.41) is 13.6. The zero-order chi connectivity index (χ0) is 16.2. The van der Waals surface area contributed by atoms with Crippen LogP contribution in [-0.2, 0) is 11.3 Å². The minimum absolute atomic E-state index is 0.300. The number of hydrogen-bond donors (Lipinski definition) is 1. The van der Waals surface area contributed by atoms with Crippen LogP contribution in [0.25, 0.3) is 0 Å². The molecule has 1 unspecified atom stereocenters. The van der Waals surface area contributed by atoms with Gasteiger partial charge in [-0.2, -0.15) is 5.10 Å². The third-order valence-corrected chi connectivity index (χ3v) is 4.10. The fourth-order valence-corrected chi connectivity index (χ4v) is 2.91. The van der Waals surface area contributed by atoms with Gasteiger partial charge in [-0.25, -0.2) is 4.79 Å². The molecular weight excluding hydrogens is 294 g/mol. The van der Waals surface area contributed by atoms with E-state index in [9.17, 15) is 14.7 Å². The van der Waals surface area contributed by atoms with Crippen LogP contribution in [-0.4, -0.2) is 44.3 Å². The summed E-state index contributed by atoms with van der Waals surface area (Å²) < 4.78 is 1.70. The quantitative estimate of drug-likeness (QED) is 0.937. The normalized spacial score (nSPS) is 17.9. The van der Waals surface area contributed by atoms with E-state index in [0.29, 0.717) is 25.2 Å². The van der Waals surface area contributed by atoms with E-state index in [2.05, 4.69) is 5.10 Å². The Balaban J connectivity index is 1.74. The van der Waals surface area contributed by atoms with Crippen LogP contribution < -0.4 is 0 Å². The molecule has 23 heavy (non-hydrogen) atoms. The van der Waals surface area contributed by atoms with E-state index in [4.69, 9.17) is 0 Å². The number of aliphatic carboxylic acids is 1. The van der Waals surface area contributed by atoms with Gasteiger partial charge in [0.1, 0.15) is 11.7 Å². The molecule has 1 atom stereocenters. The number of carboxylic acid groups (broad SMARTS) is 1. The number of carbonyl (C=O) groups excluding carboxylic acids is 1. The minimum atomic E-state index is -0.943. The molecule has 0 bridgehead atoms. The lowest BCUT2D eigenvalue weighted by molar-refractivity contribution is -0.143. The van der Waals surface area contributed by atoms with E-state index in [1.54, 1.807) is 16.9 Å². The van der Waals surface area contributed by atoms with Crippen molar-refractivity contribution < 1.29 is 14.7 Å². The number of benzene rings is 1. The van der Waals surface area contributed by atoms with Crippen LogP contribution in [0.4, 0.5) is 0 Å². The van der Waals surface area contributed by atoms with Crippen LogP contribution in [0.1, 0.15) is 35.3 Å². The van der Waals surface area contributed by atoms with Gasteiger partial charge >= 0.3 is 5.97 Å². The number of carboxylic acids is 1. The molecule has 0 aliphatic carbocycles. The van der Waals surface area contributed by atoms with E-state index in [-0.39, 0.29) is 5.91 Å². The first-order chi connectivity index (χ1) is 11.1. The maximum atomic E-state index is 12.6. The fourth-order valence-electron chi connectivity index (χ4n) is 2.91. The molecule has 1 aliphatic heterocycles. The molecule has 1 fully saturated rings. The summed E-state index contributed by atoms with van der Waals surface area (Å²) in [5.41, 5.74) is 1.39. The number of carbonyl (C=O) groups is 2. The summed E-state index contributed by atoms with van der Waals surface area (Å²) >= 11 is 0. The average Bonchev–Trinajstić information content (AvgIpc) is 3.03. The van der Waals surface area contributed by atoms with Gasteiger partial charge in [-0.05, 0) is 30.9 Å². The highest BCUT2D eigenvalue weighted by Gasteiger charge is 2.33. The summed E-state index contributed by atoms with van der Waals surface area (Å²) in [7, 11) is 0. The highest BCUT2D eigenvalue weighted by atomic mass is 16.4. The molecule has 1 amide bonds. The second-order valence-corrected chi connectivity index (χ2v) is 5.73. The summed E-state index contributed by atoms with van der Waals surface area (Å²) in [4.78, 5) is 25.3. The topological polar surface area (TPSA) is 75.4 Å². The number of rotatable bonds is 4. The zero-order valence-corrected chi connectivity index (χ0v) is 12.8. The number of likely N-dealkylation sites (tertiary alicyclic amines) is 1.